The van der Waals surface area contributed by atoms with Gasteiger partial charge in [0.15, 0.2) is 0 Å². The largest absolute Gasteiger partial charge is 0.444 e. The number of alkyl halides is 3. The van der Waals surface area contributed by atoms with Crippen LogP contribution in [0.4, 0.5) is 18.9 Å². The predicted molar refractivity (Wildman–Crippen MR) is 61.2 cm³/mol. The van der Waals surface area contributed by atoms with Gasteiger partial charge in [-0.1, -0.05) is 29.3 Å². The van der Waals surface area contributed by atoms with E-state index in [-0.39, 0.29) is 10.6 Å². The molecule has 0 aliphatic carbocycles. The number of aliphatic imine (C=N–C) groups is 1. The van der Waals surface area contributed by atoms with Crippen LogP contribution in [0.5, 0.6) is 0 Å². The average Bonchev–Trinajstić information content (AvgIpc) is 2.25. The lowest BCUT2D eigenvalue weighted by molar-refractivity contribution is -0.384. The minimum Gasteiger partial charge on any atom is -0.265 e. The summed E-state index contributed by atoms with van der Waals surface area (Å²) >= 11 is 10.4. The van der Waals surface area contributed by atoms with E-state index in [4.69, 9.17) is 23.2 Å². The summed E-state index contributed by atoms with van der Waals surface area (Å²) in [5.41, 5.74) is -0.194. The fourth-order valence-corrected chi connectivity index (χ4v) is 1.29. The number of nitrogens with zero attached hydrogens (tertiary/aromatic N) is 2. The number of nitro benzene ring substituents is 1. The molecule has 18 heavy (non-hydrogen) atoms. The van der Waals surface area contributed by atoms with Crippen LogP contribution in [0.25, 0.3) is 0 Å². The number of benzene rings is 1. The molecule has 0 N–H and O–H groups in total. The van der Waals surface area contributed by atoms with Gasteiger partial charge in [0.2, 0.25) is 5.17 Å². The molecule has 1 aromatic carbocycles. The summed E-state index contributed by atoms with van der Waals surface area (Å²) in [7, 11) is 0. The monoisotopic (exact) mass is 300 g/mol. The van der Waals surface area contributed by atoms with E-state index in [1.165, 1.54) is 12.1 Å². The van der Waals surface area contributed by atoms with Gasteiger partial charge in [0.25, 0.3) is 5.69 Å². The van der Waals surface area contributed by atoms with Crippen molar-refractivity contribution in [3.8, 4) is 0 Å². The first-order chi connectivity index (χ1) is 8.21. The third-order valence-corrected chi connectivity index (χ3v) is 2.50. The molecule has 0 unspecified atom stereocenters. The summed E-state index contributed by atoms with van der Waals surface area (Å²) in [5, 5.41) is 8.93. The van der Waals surface area contributed by atoms with Gasteiger partial charge >= 0.3 is 6.18 Å². The van der Waals surface area contributed by atoms with Crippen LogP contribution in [0.2, 0.25) is 5.02 Å². The number of hydrogen-bond donors (Lipinski definition) is 0. The van der Waals surface area contributed by atoms with Gasteiger partial charge in [-0.15, -0.1) is 0 Å². The smallest absolute Gasteiger partial charge is 0.265 e. The van der Waals surface area contributed by atoms with Crippen LogP contribution < -0.4 is 0 Å². The molecule has 0 bridgehead atoms. The molecule has 0 fully saturated rings. The lowest BCUT2D eigenvalue weighted by Crippen LogP contribution is -2.17. The fraction of sp³-hybridized carbons (Fsp3) is 0.222. The maximum Gasteiger partial charge on any atom is 0.444 e. The minimum atomic E-state index is -4.72. The highest BCUT2D eigenvalue weighted by atomic mass is 35.5. The molecule has 98 valence electrons. The van der Waals surface area contributed by atoms with Gasteiger partial charge < -0.3 is 0 Å². The number of rotatable bonds is 3. The van der Waals surface area contributed by atoms with Crippen molar-refractivity contribution in [3.05, 3.63) is 38.9 Å². The molecule has 9 heteroatoms. The van der Waals surface area contributed by atoms with Crippen LogP contribution in [0.3, 0.4) is 0 Å². The van der Waals surface area contributed by atoms with Gasteiger partial charge in [-0.05, 0) is 11.6 Å². The first kappa shape index (κ1) is 14.7. The number of hydrogen-bond acceptors (Lipinski definition) is 3. The fourth-order valence-electron chi connectivity index (χ4n) is 1.05. The maximum absolute atomic E-state index is 12.0. The molecule has 1 aromatic rings. The van der Waals surface area contributed by atoms with Crippen molar-refractivity contribution in [1.82, 2.24) is 0 Å². The van der Waals surface area contributed by atoms with Crippen LogP contribution in [0.15, 0.2) is 23.2 Å². The zero-order valence-corrected chi connectivity index (χ0v) is 10.1. The Morgan fingerprint density at radius 3 is 2.56 bits per heavy atom. The Hall–Kier alpha value is -1.34. The SMILES string of the molecule is O=[N+]([O-])c1cc(C/N=C(/Cl)C(F)(F)F)ccc1Cl. The van der Waals surface area contributed by atoms with Crippen molar-refractivity contribution >= 4 is 34.1 Å². The van der Waals surface area contributed by atoms with E-state index in [2.05, 4.69) is 4.99 Å². The average molecular weight is 301 g/mol. The Labute approximate surface area is 109 Å². The van der Waals surface area contributed by atoms with E-state index in [1.54, 1.807) is 0 Å². The maximum atomic E-state index is 12.0. The van der Waals surface area contributed by atoms with Gasteiger partial charge in [0.05, 0.1) is 11.5 Å². The van der Waals surface area contributed by atoms with Crippen molar-refractivity contribution in [3.63, 3.8) is 0 Å². The minimum absolute atomic E-state index is 0.102. The Morgan fingerprint density at radius 1 is 1.44 bits per heavy atom. The second-order valence-electron chi connectivity index (χ2n) is 3.15. The second-order valence-corrected chi connectivity index (χ2v) is 3.91. The van der Waals surface area contributed by atoms with Crippen molar-refractivity contribution in [2.24, 2.45) is 4.99 Å². The summed E-state index contributed by atoms with van der Waals surface area (Å²) in [6.07, 6.45) is -4.72. The first-order valence-electron chi connectivity index (χ1n) is 4.42. The molecule has 1 rings (SSSR count). The Balaban J connectivity index is 2.94. The zero-order chi connectivity index (χ0) is 13.9. The van der Waals surface area contributed by atoms with E-state index >= 15 is 0 Å². The lowest BCUT2D eigenvalue weighted by Gasteiger charge is -2.03. The van der Waals surface area contributed by atoms with Gasteiger partial charge in [0, 0.05) is 6.07 Å². The number of halogens is 5. The van der Waals surface area contributed by atoms with Crippen molar-refractivity contribution < 1.29 is 18.1 Å². The first-order valence-corrected chi connectivity index (χ1v) is 5.17. The summed E-state index contributed by atoms with van der Waals surface area (Å²) in [5.74, 6) is 0. The molecular formula is C9H5Cl2F3N2O2. The van der Waals surface area contributed by atoms with E-state index in [1.807, 2.05) is 0 Å². The van der Waals surface area contributed by atoms with E-state index in [0.29, 0.717) is 0 Å². The molecule has 4 nitrogen and oxygen atoms in total. The zero-order valence-electron chi connectivity index (χ0n) is 8.54. The van der Waals surface area contributed by atoms with Crippen LogP contribution in [-0.4, -0.2) is 16.3 Å². The van der Waals surface area contributed by atoms with E-state index < -0.39 is 28.5 Å². The van der Waals surface area contributed by atoms with E-state index in [0.717, 1.165) is 6.07 Å². The van der Waals surface area contributed by atoms with Crippen molar-refractivity contribution in [1.29, 1.82) is 0 Å². The molecule has 0 saturated heterocycles. The number of nitro groups is 1. The molecule has 0 heterocycles. The molecule has 0 aliphatic rings. The molecule has 0 radical (unpaired) electrons. The normalized spacial score (nSPS) is 12.6. The molecule has 0 aliphatic heterocycles. The van der Waals surface area contributed by atoms with Crippen molar-refractivity contribution in [2.75, 3.05) is 0 Å². The Kier molecular flexibility index (Phi) is 4.53. The summed E-state index contributed by atoms with van der Waals surface area (Å²) < 4.78 is 36.1. The highest BCUT2D eigenvalue weighted by Gasteiger charge is 2.34. The predicted octanol–water partition coefficient (Wildman–Crippen LogP) is 3.95. The quantitative estimate of drug-likeness (QED) is 0.482. The highest BCUT2D eigenvalue weighted by molar-refractivity contribution is 6.66. The molecule has 0 amide bonds. The van der Waals surface area contributed by atoms with Gasteiger partial charge in [-0.3, -0.25) is 15.1 Å². The third-order valence-electron chi connectivity index (χ3n) is 1.84. The Bertz CT molecular complexity index is 503. The molecule has 0 aromatic heterocycles. The van der Waals surface area contributed by atoms with Crippen LogP contribution in [0.1, 0.15) is 5.56 Å². The van der Waals surface area contributed by atoms with Gasteiger partial charge in [0.1, 0.15) is 5.02 Å². The van der Waals surface area contributed by atoms with Gasteiger partial charge in [-0.25, -0.2) is 0 Å². The van der Waals surface area contributed by atoms with Crippen molar-refractivity contribution in [2.45, 2.75) is 12.7 Å². The highest BCUT2D eigenvalue weighted by Crippen LogP contribution is 2.26. The summed E-state index contributed by atoms with van der Waals surface area (Å²) in [4.78, 5) is 12.9. The molecule has 0 saturated carbocycles. The van der Waals surface area contributed by atoms with E-state index in [9.17, 15) is 23.3 Å². The Morgan fingerprint density at radius 2 is 2.06 bits per heavy atom. The topological polar surface area (TPSA) is 55.5 Å². The van der Waals surface area contributed by atoms with Gasteiger partial charge in [-0.2, -0.15) is 13.2 Å². The summed E-state index contributed by atoms with van der Waals surface area (Å²) in [6, 6.07) is 3.60. The molecule has 0 atom stereocenters. The van der Waals surface area contributed by atoms with Crippen LogP contribution >= 0.6 is 23.2 Å². The second kappa shape index (κ2) is 5.53. The molecule has 0 spiro atoms. The third kappa shape index (κ3) is 3.85. The summed E-state index contributed by atoms with van der Waals surface area (Å²) in [6.45, 7) is -0.420. The standard InChI is InChI=1S/C9H5Cl2F3N2O2/c10-6-2-1-5(3-7(6)16(17)18)4-15-8(11)9(12,13)14/h1-3H,4H2/b15-8+. The van der Waals surface area contributed by atoms with Crippen LogP contribution in [-0.2, 0) is 6.54 Å². The molecular weight excluding hydrogens is 296 g/mol. The van der Waals surface area contributed by atoms with Crippen LogP contribution in [0, 0.1) is 10.1 Å². The lowest BCUT2D eigenvalue weighted by atomic mass is 10.2.